The number of anilines is 1. The summed E-state index contributed by atoms with van der Waals surface area (Å²) < 4.78 is 5.32. The van der Waals surface area contributed by atoms with E-state index in [0.29, 0.717) is 27.9 Å². The van der Waals surface area contributed by atoms with Gasteiger partial charge >= 0.3 is 6.01 Å². The fraction of sp³-hybridized carbons (Fsp3) is 0.200. The minimum atomic E-state index is -0.144. The van der Waals surface area contributed by atoms with Crippen LogP contribution in [0.5, 0.6) is 0 Å². The zero-order valence-corrected chi connectivity index (χ0v) is 10.5. The summed E-state index contributed by atoms with van der Waals surface area (Å²) in [5.74, 6) is -0.144. The van der Waals surface area contributed by atoms with E-state index in [1.54, 1.807) is 18.2 Å². The van der Waals surface area contributed by atoms with E-state index in [1.165, 1.54) is 0 Å². The molecule has 1 aromatic heterocycles. The van der Waals surface area contributed by atoms with Crippen molar-refractivity contribution >= 4 is 50.6 Å². The quantitative estimate of drug-likeness (QED) is 0.886. The first-order valence-corrected chi connectivity index (χ1v) is 6.11. The number of alkyl halides is 1. The molecule has 2 aromatic rings. The number of carbonyl (C=O) groups excluding carboxylic acids is 1. The Bertz CT molecular complexity index is 527. The van der Waals surface area contributed by atoms with Crippen molar-refractivity contribution in [1.82, 2.24) is 4.98 Å². The van der Waals surface area contributed by atoms with E-state index in [9.17, 15) is 4.79 Å². The van der Waals surface area contributed by atoms with Gasteiger partial charge in [-0.15, -0.1) is 0 Å². The number of nitrogens with one attached hydrogen (secondary N) is 1. The van der Waals surface area contributed by atoms with Gasteiger partial charge in [-0.25, -0.2) is 0 Å². The van der Waals surface area contributed by atoms with Gasteiger partial charge in [-0.3, -0.25) is 10.1 Å². The van der Waals surface area contributed by atoms with Crippen LogP contribution in [0.1, 0.15) is 6.42 Å². The van der Waals surface area contributed by atoms with Crippen LogP contribution in [0.15, 0.2) is 22.6 Å². The predicted octanol–water partition coefficient (Wildman–Crippen LogP) is 3.20. The molecule has 0 radical (unpaired) electrons. The average molecular weight is 304 g/mol. The third kappa shape index (κ3) is 2.54. The topological polar surface area (TPSA) is 55.1 Å². The molecule has 1 heterocycles. The normalized spacial score (nSPS) is 10.6. The molecule has 4 nitrogen and oxygen atoms in total. The Labute approximate surface area is 105 Å². The van der Waals surface area contributed by atoms with Gasteiger partial charge in [-0.05, 0) is 12.1 Å². The van der Waals surface area contributed by atoms with Crippen LogP contribution in [0.3, 0.4) is 0 Å². The lowest BCUT2D eigenvalue weighted by Gasteiger charge is -1.96. The van der Waals surface area contributed by atoms with Crippen molar-refractivity contribution in [3.05, 3.63) is 23.2 Å². The summed E-state index contributed by atoms with van der Waals surface area (Å²) in [6, 6.07) is 5.31. The number of carbonyl (C=O) groups is 1. The maximum absolute atomic E-state index is 11.3. The molecule has 16 heavy (non-hydrogen) atoms. The zero-order valence-electron chi connectivity index (χ0n) is 8.17. The number of aromatic nitrogens is 1. The Balaban J connectivity index is 2.23. The number of hydrogen-bond acceptors (Lipinski definition) is 3. The number of oxazole rings is 1. The Morgan fingerprint density at radius 1 is 1.56 bits per heavy atom. The molecule has 0 fully saturated rings. The molecule has 84 valence electrons. The van der Waals surface area contributed by atoms with Gasteiger partial charge in [0.15, 0.2) is 5.58 Å². The Hall–Kier alpha value is -1.07. The lowest BCUT2D eigenvalue weighted by molar-refractivity contribution is -0.115. The molecule has 0 aliphatic carbocycles. The summed E-state index contributed by atoms with van der Waals surface area (Å²) in [6.07, 6.45) is 0.374. The number of fused-ring (bicyclic) bond motifs is 1. The molecular formula is C10H8BrClN2O2. The summed E-state index contributed by atoms with van der Waals surface area (Å²) >= 11 is 8.98. The second-order valence-corrected chi connectivity index (χ2v) is 4.35. The summed E-state index contributed by atoms with van der Waals surface area (Å²) in [4.78, 5) is 15.4. The zero-order chi connectivity index (χ0) is 11.5. The molecule has 1 N–H and O–H groups in total. The van der Waals surface area contributed by atoms with Crippen LogP contribution >= 0.6 is 27.5 Å². The van der Waals surface area contributed by atoms with Gasteiger partial charge < -0.3 is 4.42 Å². The summed E-state index contributed by atoms with van der Waals surface area (Å²) in [7, 11) is 0. The molecule has 0 aliphatic rings. The van der Waals surface area contributed by atoms with E-state index in [1.807, 2.05) is 0 Å². The first kappa shape index (κ1) is 11.4. The Morgan fingerprint density at radius 3 is 3.12 bits per heavy atom. The molecule has 0 saturated carbocycles. The molecule has 1 aromatic carbocycles. The van der Waals surface area contributed by atoms with Crippen LogP contribution in [-0.4, -0.2) is 16.2 Å². The van der Waals surface area contributed by atoms with Crippen molar-refractivity contribution < 1.29 is 9.21 Å². The first-order valence-electron chi connectivity index (χ1n) is 4.61. The fourth-order valence-corrected chi connectivity index (χ4v) is 1.74. The highest BCUT2D eigenvalue weighted by molar-refractivity contribution is 9.09. The molecule has 0 atom stereocenters. The fourth-order valence-electron chi connectivity index (χ4n) is 1.22. The SMILES string of the molecule is O=C(CCBr)Nc1nc2ccc(Cl)cc2o1. The summed E-state index contributed by atoms with van der Waals surface area (Å²) in [5, 5.41) is 3.74. The summed E-state index contributed by atoms with van der Waals surface area (Å²) in [5.41, 5.74) is 1.22. The molecule has 6 heteroatoms. The van der Waals surface area contributed by atoms with Crippen LogP contribution in [0.2, 0.25) is 5.02 Å². The van der Waals surface area contributed by atoms with Crippen molar-refractivity contribution in [2.24, 2.45) is 0 Å². The number of halogens is 2. The third-order valence-corrected chi connectivity index (χ3v) is 2.55. The van der Waals surface area contributed by atoms with E-state index >= 15 is 0 Å². The second kappa shape index (κ2) is 4.84. The summed E-state index contributed by atoms with van der Waals surface area (Å²) in [6.45, 7) is 0. The minimum Gasteiger partial charge on any atom is -0.423 e. The molecule has 0 spiro atoms. The van der Waals surface area contributed by atoms with Gasteiger partial charge in [-0.1, -0.05) is 27.5 Å². The average Bonchev–Trinajstić information content (AvgIpc) is 2.59. The maximum Gasteiger partial charge on any atom is 0.302 e. The second-order valence-electron chi connectivity index (χ2n) is 3.12. The van der Waals surface area contributed by atoms with Crippen molar-refractivity contribution in [2.75, 3.05) is 10.6 Å². The molecule has 0 saturated heterocycles. The lowest BCUT2D eigenvalue weighted by Crippen LogP contribution is -2.11. The largest absolute Gasteiger partial charge is 0.423 e. The van der Waals surface area contributed by atoms with Gasteiger partial charge in [0.1, 0.15) is 5.52 Å². The highest BCUT2D eigenvalue weighted by Crippen LogP contribution is 2.22. The minimum absolute atomic E-state index is 0.144. The van der Waals surface area contributed by atoms with Crippen LogP contribution in [0, 0.1) is 0 Å². The molecule has 2 rings (SSSR count). The highest BCUT2D eigenvalue weighted by atomic mass is 79.9. The number of rotatable bonds is 3. The molecule has 0 unspecified atom stereocenters. The van der Waals surface area contributed by atoms with E-state index in [4.69, 9.17) is 16.0 Å². The molecule has 0 bridgehead atoms. The number of hydrogen-bond donors (Lipinski definition) is 1. The first-order chi connectivity index (χ1) is 7.69. The van der Waals surface area contributed by atoms with E-state index in [0.717, 1.165) is 0 Å². The van der Waals surface area contributed by atoms with Crippen LogP contribution in [0.4, 0.5) is 6.01 Å². The standard InChI is InChI=1S/C10H8BrClN2O2/c11-4-3-9(15)14-10-13-7-2-1-6(12)5-8(7)16-10/h1-2,5H,3-4H2,(H,13,14,15). The molecule has 0 aliphatic heterocycles. The van der Waals surface area contributed by atoms with E-state index in [2.05, 4.69) is 26.2 Å². The lowest BCUT2D eigenvalue weighted by atomic mass is 10.3. The van der Waals surface area contributed by atoms with Gasteiger partial charge in [-0.2, -0.15) is 4.98 Å². The van der Waals surface area contributed by atoms with Gasteiger partial charge in [0.05, 0.1) is 0 Å². The molecule has 1 amide bonds. The van der Waals surface area contributed by atoms with Crippen LogP contribution in [-0.2, 0) is 4.79 Å². The van der Waals surface area contributed by atoms with Crippen molar-refractivity contribution in [2.45, 2.75) is 6.42 Å². The molecular weight excluding hydrogens is 295 g/mol. The maximum atomic E-state index is 11.3. The Morgan fingerprint density at radius 2 is 2.38 bits per heavy atom. The van der Waals surface area contributed by atoms with E-state index < -0.39 is 0 Å². The van der Waals surface area contributed by atoms with Crippen molar-refractivity contribution in [1.29, 1.82) is 0 Å². The number of benzene rings is 1. The number of amides is 1. The van der Waals surface area contributed by atoms with Gasteiger partial charge in [0, 0.05) is 22.8 Å². The highest BCUT2D eigenvalue weighted by Gasteiger charge is 2.08. The van der Waals surface area contributed by atoms with Crippen molar-refractivity contribution in [3.8, 4) is 0 Å². The predicted molar refractivity (Wildman–Crippen MR) is 66.1 cm³/mol. The monoisotopic (exact) mass is 302 g/mol. The Kier molecular flexibility index (Phi) is 3.46. The van der Waals surface area contributed by atoms with Crippen LogP contribution in [0.25, 0.3) is 11.1 Å². The van der Waals surface area contributed by atoms with Crippen molar-refractivity contribution in [3.63, 3.8) is 0 Å². The smallest absolute Gasteiger partial charge is 0.302 e. The third-order valence-electron chi connectivity index (χ3n) is 1.92. The number of nitrogens with zero attached hydrogens (tertiary/aromatic N) is 1. The van der Waals surface area contributed by atoms with Gasteiger partial charge in [0.25, 0.3) is 0 Å². The van der Waals surface area contributed by atoms with Gasteiger partial charge in [0.2, 0.25) is 5.91 Å². The van der Waals surface area contributed by atoms with E-state index in [-0.39, 0.29) is 11.9 Å². The van der Waals surface area contributed by atoms with Crippen LogP contribution < -0.4 is 5.32 Å².